The van der Waals surface area contributed by atoms with Crippen molar-refractivity contribution in [2.24, 2.45) is 5.92 Å². The lowest BCUT2D eigenvalue weighted by atomic mass is 9.97. The van der Waals surface area contributed by atoms with E-state index in [2.05, 4.69) is 38.3 Å². The number of rotatable bonds is 5. The van der Waals surface area contributed by atoms with Gasteiger partial charge in [0.05, 0.1) is 0 Å². The zero-order valence-corrected chi connectivity index (χ0v) is 15.6. The predicted molar refractivity (Wildman–Crippen MR) is 100.0 cm³/mol. The summed E-state index contributed by atoms with van der Waals surface area (Å²) in [7, 11) is 0. The number of carbonyl (C=O) groups excluding carboxylic acids is 1. The van der Waals surface area contributed by atoms with Gasteiger partial charge < -0.3 is 20.0 Å². The third kappa shape index (κ3) is 4.87. The molecule has 0 atom stereocenters. The van der Waals surface area contributed by atoms with Crippen molar-refractivity contribution >= 4 is 11.8 Å². The summed E-state index contributed by atoms with van der Waals surface area (Å²) in [5, 5.41) is 10.4. The summed E-state index contributed by atoms with van der Waals surface area (Å²) in [5.74, 6) is 1.61. The number of nitrogens with zero attached hydrogens (tertiary/aromatic N) is 4. The van der Waals surface area contributed by atoms with Gasteiger partial charge in [0.15, 0.2) is 5.82 Å². The Labute approximate surface area is 150 Å². The smallest absolute Gasteiger partial charge is 0.317 e. The summed E-state index contributed by atoms with van der Waals surface area (Å²) < 4.78 is 0. The number of anilines is 1. The summed E-state index contributed by atoms with van der Waals surface area (Å²) in [6.45, 7) is 11.8. The number of likely N-dealkylation sites (tertiary alicyclic amines) is 1. The molecule has 2 N–H and O–H groups in total. The number of urea groups is 1. The maximum absolute atomic E-state index is 12.4. The van der Waals surface area contributed by atoms with Gasteiger partial charge in [0.25, 0.3) is 0 Å². The lowest BCUT2D eigenvalue weighted by Gasteiger charge is -2.35. The van der Waals surface area contributed by atoms with Crippen molar-refractivity contribution in [1.29, 1.82) is 0 Å². The average molecular weight is 348 g/mol. The third-order valence-corrected chi connectivity index (χ3v) is 5.37. The molecule has 2 fully saturated rings. The number of amides is 2. The van der Waals surface area contributed by atoms with Crippen LogP contribution in [0.2, 0.25) is 0 Å². The normalized spacial score (nSPS) is 20.1. The summed E-state index contributed by atoms with van der Waals surface area (Å²) >= 11 is 0. The van der Waals surface area contributed by atoms with E-state index in [1.807, 2.05) is 11.8 Å². The molecule has 3 heterocycles. The molecule has 3 rings (SSSR count). The van der Waals surface area contributed by atoms with E-state index in [0.717, 1.165) is 44.2 Å². The number of piperidine rings is 1. The van der Waals surface area contributed by atoms with Gasteiger partial charge in [-0.05, 0) is 51.7 Å². The average Bonchev–Trinajstić information content (AvgIpc) is 3.08. The maximum atomic E-state index is 12.4. The molecule has 0 saturated carbocycles. The van der Waals surface area contributed by atoms with Crippen LogP contribution in [0.25, 0.3) is 0 Å². The number of H-pyrrole nitrogens is 1. The van der Waals surface area contributed by atoms with Gasteiger partial charge in [-0.2, -0.15) is 5.10 Å². The van der Waals surface area contributed by atoms with Gasteiger partial charge in [0, 0.05) is 44.5 Å². The number of nitrogens with one attached hydrogen (secondary N) is 2. The van der Waals surface area contributed by atoms with Crippen LogP contribution in [0.15, 0.2) is 6.07 Å². The van der Waals surface area contributed by atoms with E-state index in [4.69, 9.17) is 0 Å². The molecule has 7 heteroatoms. The van der Waals surface area contributed by atoms with E-state index in [0.29, 0.717) is 5.92 Å². The standard InChI is InChI=1S/C18H32N6O/c1-3-6-22-7-4-16(5-8-22)14-19-18(25)24-11-9-23(10-12-24)17-13-15(2)20-21-17/h13,16H,3-12,14H2,1-2H3,(H,19,25)(H,20,21). The van der Waals surface area contributed by atoms with Crippen LogP contribution in [0.1, 0.15) is 31.9 Å². The highest BCUT2D eigenvalue weighted by Crippen LogP contribution is 2.17. The molecule has 0 aliphatic carbocycles. The Morgan fingerprint density at radius 3 is 2.56 bits per heavy atom. The van der Waals surface area contributed by atoms with Crippen molar-refractivity contribution < 1.29 is 4.79 Å². The largest absolute Gasteiger partial charge is 0.352 e. The number of carbonyl (C=O) groups is 1. The Kier molecular flexibility index (Phi) is 6.18. The van der Waals surface area contributed by atoms with E-state index < -0.39 is 0 Å². The Bertz CT molecular complexity index is 544. The first kappa shape index (κ1) is 18.0. The Morgan fingerprint density at radius 1 is 1.24 bits per heavy atom. The summed E-state index contributed by atoms with van der Waals surface area (Å²) in [4.78, 5) is 19.1. The second-order valence-electron chi connectivity index (χ2n) is 7.35. The number of aromatic nitrogens is 2. The molecule has 7 nitrogen and oxygen atoms in total. The van der Waals surface area contributed by atoms with Crippen molar-refractivity contribution in [2.45, 2.75) is 33.1 Å². The van der Waals surface area contributed by atoms with Crippen LogP contribution in [-0.2, 0) is 0 Å². The first-order chi connectivity index (χ1) is 12.2. The number of aromatic amines is 1. The molecule has 2 amide bonds. The number of aryl methyl sites for hydroxylation is 1. The minimum absolute atomic E-state index is 0.0915. The van der Waals surface area contributed by atoms with Gasteiger partial charge in [0.2, 0.25) is 0 Å². The third-order valence-electron chi connectivity index (χ3n) is 5.37. The van der Waals surface area contributed by atoms with Crippen molar-refractivity contribution in [2.75, 3.05) is 57.3 Å². The molecule has 0 bridgehead atoms. The zero-order valence-electron chi connectivity index (χ0n) is 15.6. The first-order valence-electron chi connectivity index (χ1n) is 9.67. The molecule has 0 aromatic carbocycles. The van der Waals surface area contributed by atoms with Gasteiger partial charge in [0.1, 0.15) is 0 Å². The van der Waals surface area contributed by atoms with Crippen molar-refractivity contribution in [3.05, 3.63) is 11.8 Å². The fourth-order valence-corrected chi connectivity index (χ4v) is 3.78. The predicted octanol–water partition coefficient (Wildman–Crippen LogP) is 1.67. The van der Waals surface area contributed by atoms with Gasteiger partial charge in [-0.1, -0.05) is 6.92 Å². The Morgan fingerprint density at radius 2 is 1.96 bits per heavy atom. The molecule has 0 spiro atoms. The molecular formula is C18H32N6O. The fourth-order valence-electron chi connectivity index (χ4n) is 3.78. The first-order valence-corrected chi connectivity index (χ1v) is 9.67. The molecule has 2 aliphatic heterocycles. The van der Waals surface area contributed by atoms with E-state index in [1.165, 1.54) is 38.9 Å². The maximum Gasteiger partial charge on any atom is 0.317 e. The zero-order chi connectivity index (χ0) is 17.6. The highest BCUT2D eigenvalue weighted by Gasteiger charge is 2.24. The van der Waals surface area contributed by atoms with Gasteiger partial charge in [-0.15, -0.1) is 0 Å². The SMILES string of the molecule is CCCN1CCC(CNC(=O)N2CCN(c3cc(C)[nH]n3)CC2)CC1. The number of hydrogen-bond donors (Lipinski definition) is 2. The molecule has 0 unspecified atom stereocenters. The summed E-state index contributed by atoms with van der Waals surface area (Å²) in [6, 6.07) is 2.15. The summed E-state index contributed by atoms with van der Waals surface area (Å²) in [5.41, 5.74) is 1.07. The highest BCUT2D eigenvalue weighted by atomic mass is 16.2. The Balaban J connectivity index is 1.36. The second kappa shape index (κ2) is 8.56. The minimum atomic E-state index is 0.0915. The molecule has 2 aliphatic rings. The molecule has 25 heavy (non-hydrogen) atoms. The quantitative estimate of drug-likeness (QED) is 0.849. The van der Waals surface area contributed by atoms with Crippen LogP contribution in [0.4, 0.5) is 10.6 Å². The van der Waals surface area contributed by atoms with E-state index >= 15 is 0 Å². The van der Waals surface area contributed by atoms with E-state index in [9.17, 15) is 4.79 Å². The number of piperazine rings is 1. The second-order valence-corrected chi connectivity index (χ2v) is 7.35. The van der Waals surface area contributed by atoms with Gasteiger partial charge in [-0.25, -0.2) is 4.79 Å². The Hall–Kier alpha value is -1.76. The molecule has 1 aromatic rings. The molecule has 140 valence electrons. The van der Waals surface area contributed by atoms with Crippen LogP contribution >= 0.6 is 0 Å². The minimum Gasteiger partial charge on any atom is -0.352 e. The van der Waals surface area contributed by atoms with Crippen LogP contribution in [-0.4, -0.2) is 78.4 Å². The lowest BCUT2D eigenvalue weighted by Crippen LogP contribution is -2.52. The van der Waals surface area contributed by atoms with E-state index in [-0.39, 0.29) is 6.03 Å². The van der Waals surface area contributed by atoms with Crippen molar-refractivity contribution in [3.63, 3.8) is 0 Å². The van der Waals surface area contributed by atoms with Crippen molar-refractivity contribution in [1.82, 2.24) is 25.3 Å². The fraction of sp³-hybridized carbons (Fsp3) is 0.778. The molecule has 1 aromatic heterocycles. The number of hydrogen-bond acceptors (Lipinski definition) is 4. The highest BCUT2D eigenvalue weighted by molar-refractivity contribution is 5.74. The van der Waals surface area contributed by atoms with Crippen LogP contribution in [0, 0.1) is 12.8 Å². The molecule has 0 radical (unpaired) electrons. The van der Waals surface area contributed by atoms with E-state index in [1.54, 1.807) is 0 Å². The summed E-state index contributed by atoms with van der Waals surface area (Å²) in [6.07, 6.45) is 3.63. The van der Waals surface area contributed by atoms with Crippen molar-refractivity contribution in [3.8, 4) is 0 Å². The lowest BCUT2D eigenvalue weighted by molar-refractivity contribution is 0.171. The topological polar surface area (TPSA) is 67.5 Å². The van der Waals surface area contributed by atoms with Crippen LogP contribution < -0.4 is 10.2 Å². The molecule has 2 saturated heterocycles. The van der Waals surface area contributed by atoms with Gasteiger partial charge in [-0.3, -0.25) is 5.10 Å². The van der Waals surface area contributed by atoms with Crippen LogP contribution in [0.3, 0.4) is 0 Å². The molecular weight excluding hydrogens is 316 g/mol. The van der Waals surface area contributed by atoms with Gasteiger partial charge >= 0.3 is 6.03 Å². The monoisotopic (exact) mass is 348 g/mol. The van der Waals surface area contributed by atoms with Crippen LogP contribution in [0.5, 0.6) is 0 Å².